The molecule has 3 N–H and O–H groups in total. The first-order valence-corrected chi connectivity index (χ1v) is 11.9. The van der Waals surface area contributed by atoms with Crippen LogP contribution in [0.3, 0.4) is 0 Å². The Labute approximate surface area is 203 Å². The number of fused-ring (bicyclic) bond motifs is 5. The van der Waals surface area contributed by atoms with E-state index in [1.807, 2.05) is 13.0 Å². The molecule has 4 aliphatic rings. The molecule has 4 rings (SSSR count). The van der Waals surface area contributed by atoms with Crippen LogP contribution in [-0.2, 0) is 18.7 Å². The third-order valence-electron chi connectivity index (χ3n) is 8.47. The van der Waals surface area contributed by atoms with E-state index in [1.54, 1.807) is 19.1 Å². The van der Waals surface area contributed by atoms with Gasteiger partial charge in [0.25, 0.3) is 7.82 Å². The monoisotopic (exact) mass is 462 g/mol. The molecule has 0 aromatic carbocycles. The Morgan fingerprint density at radius 3 is 2.68 bits per heavy atom. The van der Waals surface area contributed by atoms with Gasteiger partial charge in [0.1, 0.15) is 12.2 Å². The van der Waals surface area contributed by atoms with E-state index in [-0.39, 0.29) is 65.9 Å². The topological polar surface area (TPSA) is 144 Å². The zero-order valence-corrected chi connectivity index (χ0v) is 21.0. The van der Waals surface area contributed by atoms with Crippen LogP contribution in [-0.4, -0.2) is 45.0 Å². The van der Waals surface area contributed by atoms with Crippen molar-refractivity contribution >= 4 is 19.4 Å². The van der Waals surface area contributed by atoms with Gasteiger partial charge in [-0.2, -0.15) is 0 Å². The predicted octanol–water partition coefficient (Wildman–Crippen LogP) is -1.95. The van der Waals surface area contributed by atoms with Crippen molar-refractivity contribution in [1.82, 2.24) is 0 Å². The summed E-state index contributed by atoms with van der Waals surface area (Å²) in [7, 11) is -5.09. The van der Waals surface area contributed by atoms with E-state index < -0.39 is 42.7 Å². The van der Waals surface area contributed by atoms with Crippen molar-refractivity contribution in [2.24, 2.45) is 28.6 Å². The van der Waals surface area contributed by atoms with Crippen LogP contribution >= 0.6 is 7.82 Å². The van der Waals surface area contributed by atoms with Crippen molar-refractivity contribution in [3.8, 4) is 0 Å². The second kappa shape index (κ2) is 8.26. The molecular formula is C21H28NaO8P. The van der Waals surface area contributed by atoms with E-state index in [4.69, 9.17) is 4.89 Å². The number of phosphoric ester groups is 1. The zero-order valence-electron chi connectivity index (χ0n) is 18.1. The van der Waals surface area contributed by atoms with Crippen molar-refractivity contribution in [3.05, 3.63) is 23.8 Å². The number of hydrogen-bond donors (Lipinski definition) is 3. The average Bonchev–Trinajstić information content (AvgIpc) is 2.91. The third-order valence-corrected chi connectivity index (χ3v) is 8.92. The molecule has 0 bridgehead atoms. The summed E-state index contributed by atoms with van der Waals surface area (Å²) < 4.78 is 15.2. The van der Waals surface area contributed by atoms with E-state index in [0.29, 0.717) is 12.8 Å². The number of aliphatic hydroxyl groups is 2. The van der Waals surface area contributed by atoms with Crippen molar-refractivity contribution in [2.45, 2.75) is 57.7 Å². The molecule has 10 heteroatoms. The summed E-state index contributed by atoms with van der Waals surface area (Å²) in [5.41, 5.74) is -2.21. The number of hydrogen-bond acceptors (Lipinski definition) is 7. The fraction of sp³-hybridized carbons (Fsp3) is 0.714. The summed E-state index contributed by atoms with van der Waals surface area (Å²) >= 11 is 0. The quantitative estimate of drug-likeness (QED) is 0.323. The standard InChI is InChI=1S/C21H29O8P.Na/c1-19-7-5-13(22)9-12(19)3-4-14-15-6-8-21(25,17(24)11-29-30(26,27)28)20(15,2)10-16(23)18(14)19;/h5,7,9,14-16,18,23,25H,3-4,6,8,10-11H2,1-2H3,(H2,26,27,28);/q;+1/p-1/t14?,15?,16-,18?,19-,20-,21-;/m0./s1. The number of phosphoric acid groups is 1. The van der Waals surface area contributed by atoms with Gasteiger partial charge in [-0.3, -0.25) is 14.2 Å². The normalized spacial score (nSPS) is 45.5. The first-order valence-electron chi connectivity index (χ1n) is 10.4. The summed E-state index contributed by atoms with van der Waals surface area (Å²) in [6, 6.07) is 0. The Balaban J connectivity index is 0.00000272. The molecule has 0 spiro atoms. The van der Waals surface area contributed by atoms with E-state index in [1.165, 1.54) is 0 Å². The first-order chi connectivity index (χ1) is 13.8. The minimum Gasteiger partial charge on any atom is -0.756 e. The van der Waals surface area contributed by atoms with E-state index in [9.17, 15) is 29.3 Å². The third kappa shape index (κ3) is 3.92. The Morgan fingerprint density at radius 1 is 1.35 bits per heavy atom. The van der Waals surface area contributed by atoms with Crippen LogP contribution in [0.4, 0.5) is 0 Å². The molecule has 0 amide bonds. The van der Waals surface area contributed by atoms with Crippen molar-refractivity contribution in [2.75, 3.05) is 6.61 Å². The molecule has 31 heavy (non-hydrogen) atoms. The van der Waals surface area contributed by atoms with Crippen LogP contribution in [0.2, 0.25) is 0 Å². The molecule has 0 radical (unpaired) electrons. The number of carbonyl (C=O) groups is 2. The van der Waals surface area contributed by atoms with Gasteiger partial charge in [-0.25, -0.2) is 0 Å². The zero-order chi connectivity index (χ0) is 22.1. The van der Waals surface area contributed by atoms with Gasteiger partial charge < -0.3 is 24.5 Å². The molecule has 4 unspecified atom stereocenters. The van der Waals surface area contributed by atoms with Gasteiger partial charge in [-0.15, -0.1) is 0 Å². The molecule has 0 aromatic rings. The number of carbonyl (C=O) groups excluding carboxylic acids is 2. The van der Waals surface area contributed by atoms with Crippen LogP contribution in [0.25, 0.3) is 0 Å². The Bertz CT molecular complexity index is 896. The van der Waals surface area contributed by atoms with Crippen molar-refractivity contribution in [1.29, 1.82) is 0 Å². The molecule has 3 saturated carbocycles. The fourth-order valence-corrected chi connectivity index (χ4v) is 7.33. The minimum atomic E-state index is -5.09. The molecule has 0 aromatic heterocycles. The van der Waals surface area contributed by atoms with Crippen LogP contribution in [0, 0.1) is 28.6 Å². The summed E-state index contributed by atoms with van der Waals surface area (Å²) in [6.45, 7) is 2.89. The first kappa shape index (κ1) is 25.5. The van der Waals surface area contributed by atoms with Crippen molar-refractivity contribution < 1.29 is 68.2 Å². The summed E-state index contributed by atoms with van der Waals surface area (Å²) in [5.74, 6) is -0.971. The number of ketones is 2. The number of Topliss-reactive ketones (excluding diaryl/α,β-unsaturated/α-hetero) is 1. The SMILES string of the molecule is C[C@]12C=CC(=O)C=C1CCC1C2[C@@H](O)C[C@@]2(C)C1CC[C@]2(O)C(=O)COP(=O)([O-])O.[Na+]. The Hall–Kier alpha value is -0.150. The number of rotatable bonds is 4. The smallest absolute Gasteiger partial charge is 0.756 e. The molecule has 8 nitrogen and oxygen atoms in total. The molecule has 0 aliphatic heterocycles. The summed E-state index contributed by atoms with van der Waals surface area (Å²) in [5, 5.41) is 22.6. The fourth-order valence-electron chi connectivity index (χ4n) is 7.05. The number of allylic oxidation sites excluding steroid dienone is 4. The second-order valence-corrected chi connectivity index (χ2v) is 11.0. The Morgan fingerprint density at radius 2 is 2.03 bits per heavy atom. The van der Waals surface area contributed by atoms with Crippen LogP contribution in [0.5, 0.6) is 0 Å². The van der Waals surface area contributed by atoms with Gasteiger partial charge in [0.15, 0.2) is 11.6 Å². The molecular weight excluding hydrogens is 434 g/mol. The van der Waals surface area contributed by atoms with Gasteiger partial charge in [-0.05, 0) is 56.1 Å². The largest absolute Gasteiger partial charge is 1.00 e. The molecule has 0 saturated heterocycles. The second-order valence-electron chi connectivity index (χ2n) is 9.78. The van der Waals surface area contributed by atoms with Gasteiger partial charge in [0.2, 0.25) is 0 Å². The summed E-state index contributed by atoms with van der Waals surface area (Å²) in [6.07, 6.45) is 6.66. The van der Waals surface area contributed by atoms with E-state index in [2.05, 4.69) is 4.52 Å². The van der Waals surface area contributed by atoms with E-state index in [0.717, 1.165) is 12.0 Å². The van der Waals surface area contributed by atoms with E-state index >= 15 is 0 Å². The van der Waals surface area contributed by atoms with Gasteiger partial charge in [0, 0.05) is 16.7 Å². The Kier molecular flexibility index (Phi) is 6.79. The summed E-state index contributed by atoms with van der Waals surface area (Å²) in [4.78, 5) is 44.4. The molecule has 8 atom stereocenters. The molecule has 166 valence electrons. The van der Waals surface area contributed by atoms with Crippen LogP contribution in [0.15, 0.2) is 23.8 Å². The van der Waals surface area contributed by atoms with Crippen LogP contribution < -0.4 is 34.5 Å². The molecule has 3 fully saturated rings. The average molecular weight is 462 g/mol. The maximum Gasteiger partial charge on any atom is 1.00 e. The number of aliphatic hydroxyl groups excluding tert-OH is 1. The molecule has 4 aliphatic carbocycles. The van der Waals surface area contributed by atoms with Gasteiger partial charge >= 0.3 is 29.6 Å². The van der Waals surface area contributed by atoms with Crippen molar-refractivity contribution in [3.63, 3.8) is 0 Å². The minimum absolute atomic E-state index is 0. The maximum atomic E-state index is 12.8. The maximum absolute atomic E-state index is 12.8. The van der Waals surface area contributed by atoms with Gasteiger partial charge in [0.05, 0.1) is 6.10 Å². The van der Waals surface area contributed by atoms with Crippen LogP contribution in [0.1, 0.15) is 46.0 Å². The van der Waals surface area contributed by atoms with Gasteiger partial charge in [-0.1, -0.05) is 25.5 Å². The molecule has 0 heterocycles. The predicted molar refractivity (Wildman–Crippen MR) is 104 cm³/mol.